The van der Waals surface area contributed by atoms with Gasteiger partial charge in [0.2, 0.25) is 0 Å². The summed E-state index contributed by atoms with van der Waals surface area (Å²) in [7, 11) is -0.420. The van der Waals surface area contributed by atoms with Crippen molar-refractivity contribution in [2.45, 2.75) is 38.9 Å². The van der Waals surface area contributed by atoms with Crippen molar-refractivity contribution in [2.24, 2.45) is 0 Å². The molecule has 2 aromatic heterocycles. The van der Waals surface area contributed by atoms with Gasteiger partial charge in [0, 0.05) is 11.8 Å². The topological polar surface area (TPSA) is 31.4 Å². The number of pyridine rings is 1. The third-order valence-corrected chi connectivity index (χ3v) is 4.83. The molecule has 2 aromatic rings. The molecule has 0 unspecified atom stereocenters. The van der Waals surface area contributed by atoms with Gasteiger partial charge in [-0.1, -0.05) is 6.07 Å². The molecule has 3 heterocycles. The fourth-order valence-corrected chi connectivity index (χ4v) is 2.88. The molecule has 0 atom stereocenters. The first-order valence-corrected chi connectivity index (χ1v) is 7.68. The van der Waals surface area contributed by atoms with E-state index in [4.69, 9.17) is 9.31 Å². The second-order valence-electron chi connectivity index (χ2n) is 6.04. The van der Waals surface area contributed by atoms with Gasteiger partial charge in [0.1, 0.15) is 0 Å². The van der Waals surface area contributed by atoms with Crippen molar-refractivity contribution in [2.75, 3.05) is 0 Å². The maximum Gasteiger partial charge on any atom is 0.515 e. The molecule has 104 valence electrons. The van der Waals surface area contributed by atoms with E-state index in [1.807, 2.05) is 6.07 Å². The number of rotatable bonds is 2. The Morgan fingerprint density at radius 3 is 2.40 bits per heavy atom. The van der Waals surface area contributed by atoms with Gasteiger partial charge in [-0.25, -0.2) is 0 Å². The van der Waals surface area contributed by atoms with E-state index in [1.165, 1.54) is 0 Å². The van der Waals surface area contributed by atoms with Crippen LogP contribution < -0.4 is 5.59 Å². The van der Waals surface area contributed by atoms with E-state index < -0.39 is 7.12 Å². The maximum absolute atomic E-state index is 6.11. The molecule has 0 aliphatic carbocycles. The van der Waals surface area contributed by atoms with Gasteiger partial charge in [-0.3, -0.25) is 4.98 Å². The fraction of sp³-hybridized carbons (Fsp3) is 0.400. The molecule has 1 aliphatic heterocycles. The molecule has 1 saturated heterocycles. The number of hydrogen-bond acceptors (Lipinski definition) is 4. The van der Waals surface area contributed by atoms with E-state index >= 15 is 0 Å². The van der Waals surface area contributed by atoms with Crippen LogP contribution >= 0.6 is 11.3 Å². The smallest absolute Gasteiger partial charge is 0.398 e. The Morgan fingerprint density at radius 1 is 1.10 bits per heavy atom. The SMILES string of the molecule is CC1(C)OB(c2ncccc2-c2ccsc2)OC1(C)C. The summed E-state index contributed by atoms with van der Waals surface area (Å²) in [5, 5.41) is 4.18. The summed E-state index contributed by atoms with van der Waals surface area (Å²) in [6.07, 6.45) is 1.79. The zero-order valence-corrected chi connectivity index (χ0v) is 13.0. The molecule has 1 fully saturated rings. The molecule has 3 nitrogen and oxygen atoms in total. The zero-order chi connectivity index (χ0) is 14.4. The molecular formula is C15H18BNO2S. The highest BCUT2D eigenvalue weighted by atomic mass is 32.1. The van der Waals surface area contributed by atoms with Crippen LogP contribution in [0, 0.1) is 0 Å². The van der Waals surface area contributed by atoms with Crippen molar-refractivity contribution in [3.05, 3.63) is 35.2 Å². The Labute approximate surface area is 124 Å². The molecule has 0 amide bonds. The van der Waals surface area contributed by atoms with Crippen LogP contribution in [0.5, 0.6) is 0 Å². The molecule has 0 radical (unpaired) electrons. The molecule has 1 aliphatic rings. The maximum atomic E-state index is 6.11. The van der Waals surface area contributed by atoms with Gasteiger partial charge in [-0.2, -0.15) is 11.3 Å². The minimum absolute atomic E-state index is 0.346. The van der Waals surface area contributed by atoms with Crippen molar-refractivity contribution < 1.29 is 9.31 Å². The second-order valence-corrected chi connectivity index (χ2v) is 6.82. The van der Waals surface area contributed by atoms with E-state index in [0.29, 0.717) is 0 Å². The predicted octanol–water partition coefficient (Wildman–Crippen LogP) is 3.11. The predicted molar refractivity (Wildman–Crippen MR) is 83.3 cm³/mol. The number of hydrogen-bond donors (Lipinski definition) is 0. The van der Waals surface area contributed by atoms with Crippen LogP contribution in [0.4, 0.5) is 0 Å². The van der Waals surface area contributed by atoms with E-state index in [9.17, 15) is 0 Å². The number of aromatic nitrogens is 1. The minimum atomic E-state index is -0.420. The van der Waals surface area contributed by atoms with Crippen LogP contribution in [-0.4, -0.2) is 23.3 Å². The minimum Gasteiger partial charge on any atom is -0.398 e. The third-order valence-electron chi connectivity index (χ3n) is 4.15. The summed E-state index contributed by atoms with van der Waals surface area (Å²) in [4.78, 5) is 4.50. The van der Waals surface area contributed by atoms with Crippen LogP contribution in [0.2, 0.25) is 0 Å². The van der Waals surface area contributed by atoms with Gasteiger partial charge >= 0.3 is 7.12 Å². The Hall–Kier alpha value is -1.17. The largest absolute Gasteiger partial charge is 0.515 e. The molecule has 0 saturated carbocycles. The van der Waals surface area contributed by atoms with E-state index in [-0.39, 0.29) is 11.2 Å². The molecule has 0 spiro atoms. The average Bonchev–Trinajstić information content (AvgIpc) is 2.97. The normalized spacial score (nSPS) is 20.3. The summed E-state index contributed by atoms with van der Waals surface area (Å²) in [6.45, 7) is 8.22. The Morgan fingerprint density at radius 2 is 1.80 bits per heavy atom. The summed E-state index contributed by atoms with van der Waals surface area (Å²) in [5.74, 6) is 0. The lowest BCUT2D eigenvalue weighted by molar-refractivity contribution is 0.00578. The van der Waals surface area contributed by atoms with Crippen molar-refractivity contribution in [3.8, 4) is 11.1 Å². The van der Waals surface area contributed by atoms with E-state index in [0.717, 1.165) is 16.7 Å². The van der Waals surface area contributed by atoms with Crippen LogP contribution in [0.1, 0.15) is 27.7 Å². The second kappa shape index (κ2) is 4.69. The Kier molecular flexibility index (Phi) is 3.24. The van der Waals surface area contributed by atoms with Gasteiger partial charge < -0.3 is 9.31 Å². The zero-order valence-electron chi connectivity index (χ0n) is 12.2. The molecule has 0 bridgehead atoms. The highest BCUT2D eigenvalue weighted by molar-refractivity contribution is 7.08. The summed E-state index contributed by atoms with van der Waals surface area (Å²) < 4.78 is 12.2. The highest BCUT2D eigenvalue weighted by Gasteiger charge is 2.52. The van der Waals surface area contributed by atoms with Crippen molar-refractivity contribution in [1.29, 1.82) is 0 Å². The van der Waals surface area contributed by atoms with Gasteiger partial charge in [0.15, 0.2) is 0 Å². The lowest BCUT2D eigenvalue weighted by Crippen LogP contribution is -2.41. The monoisotopic (exact) mass is 287 g/mol. The number of thiophene rings is 1. The molecule has 3 rings (SSSR count). The highest BCUT2D eigenvalue weighted by Crippen LogP contribution is 2.37. The lowest BCUT2D eigenvalue weighted by atomic mass is 9.79. The Balaban J connectivity index is 2.01. The summed E-state index contributed by atoms with van der Waals surface area (Å²) in [5.41, 5.74) is 2.40. The van der Waals surface area contributed by atoms with Crippen LogP contribution in [0.15, 0.2) is 35.2 Å². The van der Waals surface area contributed by atoms with Gasteiger partial charge in [-0.15, -0.1) is 0 Å². The quantitative estimate of drug-likeness (QED) is 0.795. The first-order chi connectivity index (χ1) is 9.41. The molecule has 0 aromatic carbocycles. The van der Waals surface area contributed by atoms with Crippen LogP contribution in [-0.2, 0) is 9.31 Å². The molecular weight excluding hydrogens is 269 g/mol. The van der Waals surface area contributed by atoms with E-state index in [2.05, 4.69) is 55.6 Å². The first-order valence-electron chi connectivity index (χ1n) is 6.74. The fourth-order valence-electron chi connectivity index (χ4n) is 2.22. The van der Waals surface area contributed by atoms with Crippen molar-refractivity contribution in [1.82, 2.24) is 4.98 Å². The summed E-state index contributed by atoms with van der Waals surface area (Å²) in [6, 6.07) is 6.10. The summed E-state index contributed by atoms with van der Waals surface area (Å²) >= 11 is 1.68. The van der Waals surface area contributed by atoms with Crippen LogP contribution in [0.25, 0.3) is 11.1 Å². The van der Waals surface area contributed by atoms with Crippen molar-refractivity contribution in [3.63, 3.8) is 0 Å². The Bertz CT molecular complexity index is 594. The average molecular weight is 287 g/mol. The number of nitrogens with zero attached hydrogens (tertiary/aromatic N) is 1. The third kappa shape index (κ3) is 2.20. The first kappa shape index (κ1) is 13.8. The standard InChI is InChI=1S/C15H18BNO2S/c1-14(2)15(3,4)19-16(18-14)13-12(6-5-8-17-13)11-7-9-20-10-11/h5-10H,1-4H3. The van der Waals surface area contributed by atoms with E-state index in [1.54, 1.807) is 17.5 Å². The molecule has 0 N–H and O–H groups in total. The molecule has 20 heavy (non-hydrogen) atoms. The molecule has 5 heteroatoms. The van der Waals surface area contributed by atoms with Crippen LogP contribution in [0.3, 0.4) is 0 Å². The van der Waals surface area contributed by atoms with Crippen molar-refractivity contribution >= 4 is 24.0 Å². The van der Waals surface area contributed by atoms with Gasteiger partial charge in [-0.05, 0) is 56.2 Å². The van der Waals surface area contributed by atoms with Gasteiger partial charge in [0.25, 0.3) is 0 Å². The van der Waals surface area contributed by atoms with Gasteiger partial charge in [0.05, 0.1) is 16.8 Å². The lowest BCUT2D eigenvalue weighted by Gasteiger charge is -2.32.